The zero-order valence-electron chi connectivity index (χ0n) is 14.4. The van der Waals surface area contributed by atoms with E-state index >= 15 is 0 Å². The molecule has 0 radical (unpaired) electrons. The molecule has 130 valence electrons. The second-order valence-corrected chi connectivity index (χ2v) is 6.24. The van der Waals surface area contributed by atoms with Crippen molar-refractivity contribution in [3.05, 3.63) is 65.2 Å². The number of benzene rings is 2. The maximum atomic E-state index is 11.9. The molecule has 0 bridgehead atoms. The first-order valence-corrected chi connectivity index (χ1v) is 8.24. The third-order valence-corrected chi connectivity index (χ3v) is 4.00. The van der Waals surface area contributed by atoms with Crippen molar-refractivity contribution in [2.45, 2.75) is 39.0 Å². The van der Waals surface area contributed by atoms with Gasteiger partial charge in [-0.2, -0.15) is 0 Å². The summed E-state index contributed by atoms with van der Waals surface area (Å²) in [7, 11) is 0. The number of anilines is 1. The summed E-state index contributed by atoms with van der Waals surface area (Å²) in [6.45, 7) is 5.03. The van der Waals surface area contributed by atoms with Crippen LogP contribution < -0.4 is 11.1 Å². The molecule has 2 aromatic carbocycles. The molecule has 2 rings (SSSR count). The number of hydrogen-bond acceptors (Lipinski definition) is 2. The fourth-order valence-corrected chi connectivity index (χ4v) is 2.45. The summed E-state index contributed by atoms with van der Waals surface area (Å²) in [4.78, 5) is 11.9. The SMILES string of the molecule is CC(C)c1ccc(CCC(=O)NCCc2ccc(N)cc2)cc1.Cl. The number of nitrogens with two attached hydrogens (primary N) is 1. The number of rotatable bonds is 7. The number of carbonyl (C=O) groups is 1. The lowest BCUT2D eigenvalue weighted by atomic mass is 10.0. The van der Waals surface area contributed by atoms with Gasteiger partial charge in [0, 0.05) is 18.7 Å². The second-order valence-electron chi connectivity index (χ2n) is 6.24. The van der Waals surface area contributed by atoms with Crippen LogP contribution in [0, 0.1) is 0 Å². The van der Waals surface area contributed by atoms with E-state index in [1.807, 2.05) is 24.3 Å². The lowest BCUT2D eigenvalue weighted by molar-refractivity contribution is -0.121. The van der Waals surface area contributed by atoms with Gasteiger partial charge in [-0.1, -0.05) is 50.2 Å². The molecule has 1 amide bonds. The van der Waals surface area contributed by atoms with Crippen molar-refractivity contribution < 1.29 is 4.79 Å². The Morgan fingerprint density at radius 3 is 2.08 bits per heavy atom. The van der Waals surface area contributed by atoms with Gasteiger partial charge in [-0.3, -0.25) is 4.79 Å². The third kappa shape index (κ3) is 6.63. The van der Waals surface area contributed by atoms with Crippen LogP contribution in [0.2, 0.25) is 0 Å². The van der Waals surface area contributed by atoms with Crippen molar-refractivity contribution >= 4 is 24.0 Å². The molecule has 0 unspecified atom stereocenters. The Labute approximate surface area is 151 Å². The maximum absolute atomic E-state index is 11.9. The van der Waals surface area contributed by atoms with Crippen molar-refractivity contribution in [1.29, 1.82) is 0 Å². The van der Waals surface area contributed by atoms with Gasteiger partial charge < -0.3 is 11.1 Å². The molecule has 0 aliphatic heterocycles. The Balaban J connectivity index is 0.00000288. The monoisotopic (exact) mass is 346 g/mol. The van der Waals surface area contributed by atoms with E-state index in [4.69, 9.17) is 5.73 Å². The highest BCUT2D eigenvalue weighted by atomic mass is 35.5. The summed E-state index contributed by atoms with van der Waals surface area (Å²) in [5, 5.41) is 2.98. The molecule has 0 spiro atoms. The van der Waals surface area contributed by atoms with Gasteiger partial charge in [-0.05, 0) is 47.6 Å². The van der Waals surface area contributed by atoms with Gasteiger partial charge in [0.2, 0.25) is 5.91 Å². The minimum atomic E-state index is 0. The van der Waals surface area contributed by atoms with Crippen molar-refractivity contribution in [3.8, 4) is 0 Å². The predicted octanol–water partition coefficient (Wildman–Crippen LogP) is 4.11. The number of carbonyl (C=O) groups excluding carboxylic acids is 1. The average Bonchev–Trinajstić information content (AvgIpc) is 2.55. The first kappa shape index (κ1) is 20.0. The van der Waals surface area contributed by atoms with Crippen molar-refractivity contribution in [2.24, 2.45) is 0 Å². The summed E-state index contributed by atoms with van der Waals surface area (Å²) < 4.78 is 0. The van der Waals surface area contributed by atoms with Crippen LogP contribution in [0.25, 0.3) is 0 Å². The molecule has 3 N–H and O–H groups in total. The fourth-order valence-electron chi connectivity index (χ4n) is 2.45. The zero-order valence-corrected chi connectivity index (χ0v) is 15.2. The highest BCUT2D eigenvalue weighted by Crippen LogP contribution is 2.15. The Kier molecular flexibility index (Phi) is 8.34. The standard InChI is InChI=1S/C20H26N2O.ClH/c1-15(2)18-8-3-16(4-9-18)7-12-20(23)22-14-13-17-5-10-19(21)11-6-17;/h3-6,8-11,15H,7,12-14,21H2,1-2H3,(H,22,23);1H. The van der Waals surface area contributed by atoms with Gasteiger partial charge in [0.05, 0.1) is 0 Å². The van der Waals surface area contributed by atoms with E-state index in [9.17, 15) is 4.79 Å². The molecule has 0 aliphatic carbocycles. The number of nitrogens with one attached hydrogen (secondary N) is 1. The van der Waals surface area contributed by atoms with E-state index in [2.05, 4.69) is 43.4 Å². The largest absolute Gasteiger partial charge is 0.399 e. The minimum Gasteiger partial charge on any atom is -0.399 e. The smallest absolute Gasteiger partial charge is 0.220 e. The first-order chi connectivity index (χ1) is 11.0. The highest BCUT2D eigenvalue weighted by Gasteiger charge is 2.03. The zero-order chi connectivity index (χ0) is 16.7. The number of amides is 1. The number of aryl methyl sites for hydroxylation is 1. The molecule has 0 saturated carbocycles. The molecule has 0 aromatic heterocycles. The van der Waals surface area contributed by atoms with Gasteiger partial charge in [0.1, 0.15) is 0 Å². The van der Waals surface area contributed by atoms with Gasteiger partial charge in [-0.25, -0.2) is 0 Å². The molecule has 0 aliphatic rings. The lowest BCUT2D eigenvalue weighted by Gasteiger charge is -2.08. The first-order valence-electron chi connectivity index (χ1n) is 8.24. The van der Waals surface area contributed by atoms with E-state index in [1.165, 1.54) is 16.7 Å². The predicted molar refractivity (Wildman–Crippen MR) is 104 cm³/mol. The van der Waals surface area contributed by atoms with E-state index in [0.29, 0.717) is 18.9 Å². The average molecular weight is 347 g/mol. The summed E-state index contributed by atoms with van der Waals surface area (Å²) in [5.74, 6) is 0.647. The van der Waals surface area contributed by atoms with Gasteiger partial charge in [0.25, 0.3) is 0 Å². The van der Waals surface area contributed by atoms with Crippen LogP contribution in [0.3, 0.4) is 0 Å². The topological polar surface area (TPSA) is 55.1 Å². The number of halogens is 1. The van der Waals surface area contributed by atoms with Crippen LogP contribution in [-0.4, -0.2) is 12.5 Å². The molecule has 0 fully saturated rings. The Bertz CT molecular complexity index is 621. The molecule has 0 saturated heterocycles. The van der Waals surface area contributed by atoms with Crippen LogP contribution in [0.4, 0.5) is 5.69 Å². The van der Waals surface area contributed by atoms with Crippen molar-refractivity contribution in [2.75, 3.05) is 12.3 Å². The van der Waals surface area contributed by atoms with E-state index in [-0.39, 0.29) is 18.3 Å². The quantitative estimate of drug-likeness (QED) is 0.741. The number of hydrogen-bond donors (Lipinski definition) is 2. The molecule has 4 heteroatoms. The molecular weight excluding hydrogens is 320 g/mol. The molecule has 0 heterocycles. The normalized spacial score (nSPS) is 10.3. The van der Waals surface area contributed by atoms with Crippen LogP contribution >= 0.6 is 12.4 Å². The highest BCUT2D eigenvalue weighted by molar-refractivity contribution is 5.85. The summed E-state index contributed by atoms with van der Waals surface area (Å²) in [6.07, 6.45) is 2.14. The second kappa shape index (κ2) is 9.99. The Hall–Kier alpha value is -2.00. The van der Waals surface area contributed by atoms with Crippen LogP contribution in [-0.2, 0) is 17.6 Å². The third-order valence-electron chi connectivity index (χ3n) is 4.00. The van der Waals surface area contributed by atoms with E-state index in [1.54, 1.807) is 0 Å². The van der Waals surface area contributed by atoms with Gasteiger partial charge in [0.15, 0.2) is 0 Å². The fraction of sp³-hybridized carbons (Fsp3) is 0.350. The summed E-state index contributed by atoms with van der Waals surface area (Å²) in [6, 6.07) is 16.3. The Morgan fingerprint density at radius 2 is 1.50 bits per heavy atom. The van der Waals surface area contributed by atoms with E-state index in [0.717, 1.165) is 18.5 Å². The van der Waals surface area contributed by atoms with E-state index < -0.39 is 0 Å². The molecule has 3 nitrogen and oxygen atoms in total. The molecule has 0 atom stereocenters. The molecular formula is C20H27ClN2O. The van der Waals surface area contributed by atoms with Gasteiger partial charge >= 0.3 is 0 Å². The number of nitrogen functional groups attached to an aromatic ring is 1. The summed E-state index contributed by atoms with van der Waals surface area (Å²) >= 11 is 0. The van der Waals surface area contributed by atoms with Crippen LogP contribution in [0.5, 0.6) is 0 Å². The van der Waals surface area contributed by atoms with Crippen molar-refractivity contribution in [1.82, 2.24) is 5.32 Å². The van der Waals surface area contributed by atoms with Crippen LogP contribution in [0.1, 0.15) is 42.9 Å². The summed E-state index contributed by atoms with van der Waals surface area (Å²) in [5.41, 5.74) is 10.1. The van der Waals surface area contributed by atoms with Crippen LogP contribution in [0.15, 0.2) is 48.5 Å². The van der Waals surface area contributed by atoms with Crippen molar-refractivity contribution in [3.63, 3.8) is 0 Å². The van der Waals surface area contributed by atoms with Gasteiger partial charge in [-0.15, -0.1) is 12.4 Å². The lowest BCUT2D eigenvalue weighted by Crippen LogP contribution is -2.25. The maximum Gasteiger partial charge on any atom is 0.220 e. The molecule has 24 heavy (non-hydrogen) atoms. The molecule has 2 aromatic rings. The Morgan fingerprint density at radius 1 is 0.958 bits per heavy atom. The minimum absolute atomic E-state index is 0.